The van der Waals surface area contributed by atoms with Gasteiger partial charge in [0.05, 0.1) is 13.2 Å². The molecule has 0 radical (unpaired) electrons. The van der Waals surface area contributed by atoms with Crippen molar-refractivity contribution in [2.75, 3.05) is 13.2 Å². The van der Waals surface area contributed by atoms with E-state index in [4.69, 9.17) is 29.8 Å². The van der Waals surface area contributed by atoms with E-state index in [2.05, 4.69) is 21.3 Å². The van der Waals surface area contributed by atoms with Gasteiger partial charge in [-0.2, -0.15) is 0 Å². The number of ether oxygens (including phenoxy) is 4. The third-order valence-electron chi connectivity index (χ3n) is 7.55. The first-order valence-corrected chi connectivity index (χ1v) is 15.0. The number of amides is 5. The molecule has 13 atom stereocenters. The van der Waals surface area contributed by atoms with Crippen molar-refractivity contribution in [2.45, 2.75) is 120 Å². The zero-order valence-corrected chi connectivity index (χ0v) is 26.7. The van der Waals surface area contributed by atoms with E-state index in [0.29, 0.717) is 0 Å². The van der Waals surface area contributed by atoms with Gasteiger partial charge >= 0.3 is 5.97 Å². The summed E-state index contributed by atoms with van der Waals surface area (Å²) >= 11 is 0. The molecule has 5 amide bonds. The minimum atomic E-state index is -1.83. The van der Waals surface area contributed by atoms with E-state index in [-0.39, 0.29) is 6.42 Å². The molecule has 2 saturated heterocycles. The van der Waals surface area contributed by atoms with Crippen LogP contribution in [0.25, 0.3) is 0 Å². The summed E-state index contributed by atoms with van der Waals surface area (Å²) in [5, 5.41) is 69.8. The number of carboxylic acid groups (broad SMARTS) is 1. The SMILES string of the molecule is CC(=O)N[C@H]1[C@H](OC2[C@@H](CO)O[C@@H](O)[C@H](NC(C)=O)[C@H]2OC(C)C(=O)N[C@@H](C)C(=O)N[C@H](CCC(=O)O)C(N)=O)O[C@H](CO)[C@@H](O)[C@@H]1O. The van der Waals surface area contributed by atoms with Gasteiger partial charge in [0, 0.05) is 20.3 Å². The standard InChI is InChI=1S/C27H45N5O16/c1-9(24(42)32-13(23(28)41)5-6-16(37)38)29-25(43)10(2)45-22-18(31-12(4)36)26(44)46-15(8-34)21(22)48-27-17(30-11(3)35)20(40)19(39)14(7-33)47-27/h9-10,13-15,17-22,26-27,33-34,39-40,44H,5-8H2,1-4H3,(H2,28,41)(H,29,43)(H,30,35)(H,31,36)(H,32,42)(H,37,38)/t9-,10?,13+,14+,15+,17+,18+,19+,20+,21?,22+,26+,27-/m0/s1. The topological polar surface area (TPSA) is 335 Å². The van der Waals surface area contributed by atoms with E-state index in [1.807, 2.05) is 0 Å². The van der Waals surface area contributed by atoms with Gasteiger partial charge < -0.3 is 76.6 Å². The van der Waals surface area contributed by atoms with E-state index in [1.165, 1.54) is 13.8 Å². The molecule has 0 aliphatic carbocycles. The maximum absolute atomic E-state index is 13.1. The van der Waals surface area contributed by atoms with E-state index in [0.717, 1.165) is 13.8 Å². The molecule has 0 aromatic carbocycles. The molecule has 2 aliphatic heterocycles. The molecule has 0 saturated carbocycles. The predicted molar refractivity (Wildman–Crippen MR) is 156 cm³/mol. The molecule has 12 N–H and O–H groups in total. The van der Waals surface area contributed by atoms with Crippen LogP contribution in [0.5, 0.6) is 0 Å². The first kappa shape index (κ1) is 40.6. The van der Waals surface area contributed by atoms with Crippen molar-refractivity contribution in [1.29, 1.82) is 0 Å². The number of hydrogen-bond acceptors (Lipinski definition) is 15. The van der Waals surface area contributed by atoms with Gasteiger partial charge in [0.25, 0.3) is 0 Å². The Balaban J connectivity index is 2.34. The van der Waals surface area contributed by atoms with Gasteiger partial charge in [-0.15, -0.1) is 0 Å². The summed E-state index contributed by atoms with van der Waals surface area (Å²) in [4.78, 5) is 72.3. The summed E-state index contributed by atoms with van der Waals surface area (Å²) in [6.07, 6.45) is -15.1. The second-order valence-corrected chi connectivity index (χ2v) is 11.4. The Kier molecular flexibility index (Phi) is 15.5. The average Bonchev–Trinajstić information content (AvgIpc) is 3.00. The Morgan fingerprint density at radius 1 is 0.812 bits per heavy atom. The summed E-state index contributed by atoms with van der Waals surface area (Å²) in [7, 11) is 0. The number of primary amides is 1. The van der Waals surface area contributed by atoms with Gasteiger partial charge in [0.2, 0.25) is 29.5 Å². The molecule has 2 unspecified atom stereocenters. The lowest BCUT2D eigenvalue weighted by Crippen LogP contribution is -2.70. The highest BCUT2D eigenvalue weighted by atomic mass is 16.7. The highest BCUT2D eigenvalue weighted by Gasteiger charge is 2.52. The summed E-state index contributed by atoms with van der Waals surface area (Å²) in [6.45, 7) is 3.07. The fraction of sp³-hybridized carbons (Fsp3) is 0.778. The Bertz CT molecular complexity index is 1160. The lowest BCUT2D eigenvalue weighted by molar-refractivity contribution is -0.333. The van der Waals surface area contributed by atoms with Gasteiger partial charge in [0.15, 0.2) is 12.6 Å². The lowest BCUT2D eigenvalue weighted by Gasteiger charge is -2.48. The highest BCUT2D eigenvalue weighted by molar-refractivity contribution is 5.92. The van der Waals surface area contributed by atoms with E-state index in [9.17, 15) is 54.3 Å². The molecular weight excluding hydrogens is 650 g/mol. The number of nitrogens with one attached hydrogen (secondary N) is 4. The molecule has 0 bridgehead atoms. The van der Waals surface area contributed by atoms with Gasteiger partial charge in [0.1, 0.15) is 66.9 Å². The third-order valence-corrected chi connectivity index (χ3v) is 7.55. The smallest absolute Gasteiger partial charge is 0.303 e. The van der Waals surface area contributed by atoms with Crippen LogP contribution in [-0.2, 0) is 47.7 Å². The molecule has 0 aromatic heterocycles. The van der Waals surface area contributed by atoms with Gasteiger partial charge in [-0.1, -0.05) is 0 Å². The highest BCUT2D eigenvalue weighted by Crippen LogP contribution is 2.31. The Labute approximate surface area is 274 Å². The predicted octanol–water partition coefficient (Wildman–Crippen LogP) is -6.36. The van der Waals surface area contributed by atoms with Gasteiger partial charge in [-0.25, -0.2) is 0 Å². The van der Waals surface area contributed by atoms with Crippen LogP contribution in [0.4, 0.5) is 0 Å². The van der Waals surface area contributed by atoms with Crippen LogP contribution in [0.1, 0.15) is 40.5 Å². The van der Waals surface area contributed by atoms with E-state index < -0.39 is 135 Å². The minimum Gasteiger partial charge on any atom is -0.481 e. The monoisotopic (exact) mass is 695 g/mol. The average molecular weight is 696 g/mol. The van der Waals surface area contributed by atoms with E-state index >= 15 is 0 Å². The number of carbonyl (C=O) groups excluding carboxylic acids is 5. The summed E-state index contributed by atoms with van der Waals surface area (Å²) in [6, 6.07) is -5.57. The van der Waals surface area contributed by atoms with Crippen LogP contribution in [0.2, 0.25) is 0 Å². The number of nitrogens with two attached hydrogens (primary N) is 1. The van der Waals surface area contributed by atoms with Crippen molar-refractivity contribution in [2.24, 2.45) is 5.73 Å². The lowest BCUT2D eigenvalue weighted by atomic mass is 9.94. The number of carboxylic acids is 1. The van der Waals surface area contributed by atoms with Crippen LogP contribution >= 0.6 is 0 Å². The van der Waals surface area contributed by atoms with Gasteiger partial charge in [-0.05, 0) is 20.3 Å². The molecule has 2 heterocycles. The zero-order chi connectivity index (χ0) is 36.5. The van der Waals surface area contributed by atoms with Crippen molar-refractivity contribution in [1.82, 2.24) is 21.3 Å². The molecule has 2 fully saturated rings. The fourth-order valence-electron chi connectivity index (χ4n) is 5.07. The summed E-state index contributed by atoms with van der Waals surface area (Å²) in [5.41, 5.74) is 5.24. The molecule has 0 spiro atoms. The second kappa shape index (κ2) is 18.3. The summed E-state index contributed by atoms with van der Waals surface area (Å²) in [5.74, 6) is -5.40. The Morgan fingerprint density at radius 2 is 1.40 bits per heavy atom. The zero-order valence-electron chi connectivity index (χ0n) is 26.7. The fourth-order valence-corrected chi connectivity index (χ4v) is 5.07. The van der Waals surface area contributed by atoms with Crippen molar-refractivity contribution in [3.05, 3.63) is 0 Å². The summed E-state index contributed by atoms with van der Waals surface area (Å²) < 4.78 is 23.0. The van der Waals surface area contributed by atoms with Crippen LogP contribution < -0.4 is 27.0 Å². The number of aliphatic hydroxyl groups is 5. The largest absolute Gasteiger partial charge is 0.481 e. The second-order valence-electron chi connectivity index (χ2n) is 11.4. The van der Waals surface area contributed by atoms with Crippen LogP contribution in [0.15, 0.2) is 0 Å². The maximum atomic E-state index is 13.1. The minimum absolute atomic E-state index is 0.302. The Hall–Kier alpha value is -3.54. The van der Waals surface area contributed by atoms with Crippen LogP contribution in [-0.4, -0.2) is 159 Å². The first-order valence-electron chi connectivity index (χ1n) is 15.0. The van der Waals surface area contributed by atoms with E-state index in [1.54, 1.807) is 0 Å². The molecule has 21 nitrogen and oxygen atoms in total. The number of rotatable bonds is 16. The van der Waals surface area contributed by atoms with Crippen molar-refractivity contribution >= 4 is 35.5 Å². The maximum Gasteiger partial charge on any atom is 0.303 e. The van der Waals surface area contributed by atoms with Crippen LogP contribution in [0, 0.1) is 0 Å². The molecule has 0 aromatic rings. The first-order chi connectivity index (χ1) is 22.4. The van der Waals surface area contributed by atoms with Crippen molar-refractivity contribution in [3.8, 4) is 0 Å². The molecule has 21 heteroatoms. The quantitative estimate of drug-likeness (QED) is 0.0715. The molecule has 274 valence electrons. The molecule has 2 aliphatic rings. The van der Waals surface area contributed by atoms with Crippen LogP contribution in [0.3, 0.4) is 0 Å². The number of carbonyl (C=O) groups is 6. The normalized spacial score (nSPS) is 32.2. The van der Waals surface area contributed by atoms with Crippen molar-refractivity contribution < 1.29 is 78.4 Å². The number of aliphatic carboxylic acids is 1. The number of hydrogen-bond donors (Lipinski definition) is 11. The van der Waals surface area contributed by atoms with Gasteiger partial charge in [-0.3, -0.25) is 28.8 Å². The third kappa shape index (κ3) is 11.0. The van der Waals surface area contributed by atoms with Crippen molar-refractivity contribution in [3.63, 3.8) is 0 Å². The molecule has 2 rings (SSSR count). The number of aliphatic hydroxyl groups excluding tert-OH is 5. The molecule has 48 heavy (non-hydrogen) atoms. The molecular formula is C27H45N5O16. The Morgan fingerprint density at radius 3 is 1.92 bits per heavy atom.